The van der Waals surface area contributed by atoms with Gasteiger partial charge in [0, 0.05) is 19.0 Å². The van der Waals surface area contributed by atoms with Crippen molar-refractivity contribution in [1.82, 2.24) is 10.2 Å². The van der Waals surface area contributed by atoms with Gasteiger partial charge < -0.3 is 9.64 Å². The first-order valence-corrected chi connectivity index (χ1v) is 7.75. The van der Waals surface area contributed by atoms with Crippen LogP contribution >= 0.6 is 27.3 Å². The third kappa shape index (κ3) is 2.74. The fourth-order valence-electron chi connectivity index (χ4n) is 2.41. The lowest BCUT2D eigenvalue weighted by Crippen LogP contribution is -2.18. The molecular weight excluding hydrogens is 326 g/mol. The van der Waals surface area contributed by atoms with Crippen LogP contribution in [0.5, 0.6) is 5.75 Å². The van der Waals surface area contributed by atoms with E-state index in [-0.39, 0.29) is 0 Å². The molecule has 1 aliphatic heterocycles. The molecule has 0 aliphatic carbocycles. The molecule has 1 aromatic carbocycles. The normalized spacial score (nSPS) is 18.8. The van der Waals surface area contributed by atoms with Crippen molar-refractivity contribution in [1.29, 1.82) is 0 Å². The molecule has 6 heteroatoms. The molecule has 0 spiro atoms. The van der Waals surface area contributed by atoms with E-state index in [9.17, 15) is 0 Å². The molecule has 1 aliphatic rings. The molecule has 19 heavy (non-hydrogen) atoms. The zero-order valence-corrected chi connectivity index (χ0v) is 12.9. The van der Waals surface area contributed by atoms with Crippen LogP contribution < -0.4 is 9.64 Å². The van der Waals surface area contributed by atoms with Gasteiger partial charge in [0.15, 0.2) is 3.92 Å². The van der Waals surface area contributed by atoms with Crippen LogP contribution in [0, 0.1) is 0 Å². The van der Waals surface area contributed by atoms with E-state index in [1.54, 1.807) is 18.4 Å². The summed E-state index contributed by atoms with van der Waals surface area (Å²) >= 11 is 4.95. The van der Waals surface area contributed by atoms with Crippen LogP contribution in [0.25, 0.3) is 0 Å². The minimum absolute atomic E-state index is 0.564. The fourth-order valence-corrected chi connectivity index (χ4v) is 3.53. The Balaban J connectivity index is 1.71. The van der Waals surface area contributed by atoms with Crippen LogP contribution in [0.2, 0.25) is 0 Å². The van der Waals surface area contributed by atoms with Gasteiger partial charge in [-0.25, -0.2) is 0 Å². The van der Waals surface area contributed by atoms with Crippen molar-refractivity contribution in [3.63, 3.8) is 0 Å². The van der Waals surface area contributed by atoms with Crippen LogP contribution in [0.4, 0.5) is 5.13 Å². The average Bonchev–Trinajstić information content (AvgIpc) is 3.07. The Bertz CT molecular complexity index is 557. The predicted octanol–water partition coefficient (Wildman–Crippen LogP) is 3.30. The standard InChI is InChI=1S/C13H14BrN3OS/c1-18-11-4-2-9(3-5-11)10-6-7-17(8-10)13-16-15-12(14)19-13/h2-5,10H,6-8H2,1H3. The molecule has 100 valence electrons. The summed E-state index contributed by atoms with van der Waals surface area (Å²) in [7, 11) is 1.69. The molecule has 1 saturated heterocycles. The van der Waals surface area contributed by atoms with Gasteiger partial charge in [-0.3, -0.25) is 0 Å². The second kappa shape index (κ2) is 5.46. The van der Waals surface area contributed by atoms with Crippen molar-refractivity contribution < 1.29 is 4.74 Å². The molecule has 2 aromatic rings. The molecule has 0 radical (unpaired) electrons. The van der Waals surface area contributed by atoms with Crippen LogP contribution in [0.1, 0.15) is 17.9 Å². The molecule has 0 saturated carbocycles. The fraction of sp³-hybridized carbons (Fsp3) is 0.385. The zero-order chi connectivity index (χ0) is 13.2. The highest BCUT2D eigenvalue weighted by Crippen LogP contribution is 2.33. The summed E-state index contributed by atoms with van der Waals surface area (Å²) in [6.07, 6.45) is 1.16. The predicted molar refractivity (Wildman–Crippen MR) is 80.2 cm³/mol. The zero-order valence-electron chi connectivity index (χ0n) is 10.5. The number of aromatic nitrogens is 2. The summed E-state index contributed by atoms with van der Waals surface area (Å²) in [6, 6.07) is 8.37. The van der Waals surface area contributed by atoms with Gasteiger partial charge in [-0.1, -0.05) is 23.5 Å². The van der Waals surface area contributed by atoms with Crippen LogP contribution in [-0.4, -0.2) is 30.4 Å². The Labute approximate surface area is 124 Å². The first kappa shape index (κ1) is 12.9. The van der Waals surface area contributed by atoms with Gasteiger partial charge >= 0.3 is 0 Å². The topological polar surface area (TPSA) is 38.2 Å². The summed E-state index contributed by atoms with van der Waals surface area (Å²) in [4.78, 5) is 2.30. The largest absolute Gasteiger partial charge is 0.497 e. The van der Waals surface area contributed by atoms with Crippen molar-refractivity contribution >= 4 is 32.4 Å². The SMILES string of the molecule is COc1ccc(C2CCN(c3nnc(Br)s3)C2)cc1. The highest BCUT2D eigenvalue weighted by molar-refractivity contribution is 9.11. The second-order valence-electron chi connectivity index (χ2n) is 4.54. The van der Waals surface area contributed by atoms with Gasteiger partial charge in [-0.05, 0) is 40.0 Å². The van der Waals surface area contributed by atoms with Gasteiger partial charge in [0.2, 0.25) is 5.13 Å². The molecule has 4 nitrogen and oxygen atoms in total. The number of anilines is 1. The average molecular weight is 340 g/mol. The number of nitrogens with zero attached hydrogens (tertiary/aromatic N) is 3. The van der Waals surface area contributed by atoms with Gasteiger partial charge in [0.1, 0.15) is 5.75 Å². The first-order chi connectivity index (χ1) is 9.26. The van der Waals surface area contributed by atoms with Gasteiger partial charge in [0.25, 0.3) is 0 Å². The molecule has 1 aromatic heterocycles. The Morgan fingerprint density at radius 3 is 2.74 bits per heavy atom. The lowest BCUT2D eigenvalue weighted by Gasteiger charge is -2.14. The number of ether oxygens (including phenoxy) is 1. The summed E-state index contributed by atoms with van der Waals surface area (Å²) in [5.74, 6) is 1.47. The molecule has 0 N–H and O–H groups in total. The van der Waals surface area contributed by atoms with Crippen molar-refractivity contribution in [3.8, 4) is 5.75 Å². The molecule has 0 bridgehead atoms. The Morgan fingerprint density at radius 1 is 1.32 bits per heavy atom. The van der Waals surface area contributed by atoms with E-state index >= 15 is 0 Å². The van der Waals surface area contributed by atoms with Crippen molar-refractivity contribution in [2.24, 2.45) is 0 Å². The Kier molecular flexibility index (Phi) is 3.70. The van der Waals surface area contributed by atoms with Crippen molar-refractivity contribution in [2.75, 3.05) is 25.1 Å². The maximum absolute atomic E-state index is 5.19. The summed E-state index contributed by atoms with van der Waals surface area (Å²) in [5.41, 5.74) is 1.37. The molecule has 3 rings (SSSR count). The van der Waals surface area contributed by atoms with Gasteiger partial charge in [-0.15, -0.1) is 10.2 Å². The molecule has 1 atom stereocenters. The van der Waals surface area contributed by atoms with E-state index in [1.807, 2.05) is 12.1 Å². The monoisotopic (exact) mass is 339 g/mol. The molecular formula is C13H14BrN3OS. The maximum atomic E-state index is 5.19. The number of hydrogen-bond acceptors (Lipinski definition) is 5. The van der Waals surface area contributed by atoms with Crippen LogP contribution in [-0.2, 0) is 0 Å². The van der Waals surface area contributed by atoms with Crippen molar-refractivity contribution in [2.45, 2.75) is 12.3 Å². The summed E-state index contributed by atoms with van der Waals surface area (Å²) in [6.45, 7) is 2.05. The van der Waals surface area contributed by atoms with E-state index in [0.29, 0.717) is 5.92 Å². The minimum atomic E-state index is 0.564. The lowest BCUT2D eigenvalue weighted by atomic mass is 9.98. The highest BCUT2D eigenvalue weighted by Gasteiger charge is 2.26. The van der Waals surface area contributed by atoms with Gasteiger partial charge in [0.05, 0.1) is 7.11 Å². The van der Waals surface area contributed by atoms with E-state index in [0.717, 1.165) is 34.3 Å². The Morgan fingerprint density at radius 2 is 2.11 bits per heavy atom. The first-order valence-electron chi connectivity index (χ1n) is 6.14. The number of benzene rings is 1. The molecule has 2 heterocycles. The van der Waals surface area contributed by atoms with E-state index in [1.165, 1.54) is 5.56 Å². The number of halogens is 1. The maximum Gasteiger partial charge on any atom is 0.209 e. The molecule has 1 unspecified atom stereocenters. The number of hydrogen-bond donors (Lipinski definition) is 0. The second-order valence-corrected chi connectivity index (χ2v) is 6.77. The molecule has 0 amide bonds. The van der Waals surface area contributed by atoms with Gasteiger partial charge in [-0.2, -0.15) is 0 Å². The van der Waals surface area contributed by atoms with E-state index in [4.69, 9.17) is 4.74 Å². The Hall–Kier alpha value is -1.14. The lowest BCUT2D eigenvalue weighted by molar-refractivity contribution is 0.414. The van der Waals surface area contributed by atoms with E-state index < -0.39 is 0 Å². The quantitative estimate of drug-likeness (QED) is 0.859. The number of methoxy groups -OCH3 is 1. The van der Waals surface area contributed by atoms with Crippen LogP contribution in [0.15, 0.2) is 28.2 Å². The van der Waals surface area contributed by atoms with Crippen LogP contribution in [0.3, 0.4) is 0 Å². The van der Waals surface area contributed by atoms with Crippen molar-refractivity contribution in [3.05, 3.63) is 33.7 Å². The minimum Gasteiger partial charge on any atom is -0.497 e. The number of rotatable bonds is 3. The highest BCUT2D eigenvalue weighted by atomic mass is 79.9. The molecule has 1 fully saturated rings. The third-order valence-corrected chi connectivity index (χ3v) is 4.85. The summed E-state index contributed by atoms with van der Waals surface area (Å²) in [5, 5.41) is 9.19. The van der Waals surface area contributed by atoms with E-state index in [2.05, 4.69) is 43.2 Å². The third-order valence-electron chi connectivity index (χ3n) is 3.44. The summed E-state index contributed by atoms with van der Waals surface area (Å²) < 4.78 is 6.04. The smallest absolute Gasteiger partial charge is 0.209 e.